The van der Waals surface area contributed by atoms with E-state index >= 15 is 0 Å². The molecule has 0 bridgehead atoms. The summed E-state index contributed by atoms with van der Waals surface area (Å²) >= 11 is 0. The molecule has 14 heavy (non-hydrogen) atoms. The van der Waals surface area contributed by atoms with E-state index in [1.165, 1.54) is 0 Å². The van der Waals surface area contributed by atoms with Gasteiger partial charge in [0, 0.05) is 11.5 Å². The second kappa shape index (κ2) is 4.77. The van der Waals surface area contributed by atoms with Gasteiger partial charge in [-0.05, 0) is 25.5 Å². The van der Waals surface area contributed by atoms with Crippen molar-refractivity contribution >= 4 is 12.7 Å². The highest BCUT2D eigenvalue weighted by Gasteiger charge is 2.19. The zero-order chi connectivity index (χ0) is 10.6. The van der Waals surface area contributed by atoms with Gasteiger partial charge in [0.15, 0.2) is 0 Å². The molecule has 0 saturated heterocycles. The second-order valence-electron chi connectivity index (χ2n) is 3.61. The van der Waals surface area contributed by atoms with Gasteiger partial charge in [0.05, 0.1) is 0 Å². The molecule has 0 fully saturated rings. The Kier molecular flexibility index (Phi) is 3.91. The van der Waals surface area contributed by atoms with E-state index in [9.17, 15) is 9.46 Å². The molecule has 1 rings (SSSR count). The predicted octanol–water partition coefficient (Wildman–Crippen LogP) is 2.69. The van der Waals surface area contributed by atoms with Crippen LogP contribution in [0.4, 0.5) is 0 Å². The Morgan fingerprint density at radius 1 is 1.29 bits per heavy atom. The van der Waals surface area contributed by atoms with Gasteiger partial charge in [-0.3, -0.25) is 4.57 Å². The van der Waals surface area contributed by atoms with Gasteiger partial charge in [0.25, 0.3) is 0 Å². The Morgan fingerprint density at radius 2 is 1.86 bits per heavy atom. The molecule has 1 atom stereocenters. The van der Waals surface area contributed by atoms with E-state index in [1.807, 2.05) is 26.0 Å². The molecular weight excluding hydrogens is 195 g/mol. The Balaban J connectivity index is 2.81. The summed E-state index contributed by atoms with van der Waals surface area (Å²) in [4.78, 5) is 9.76. The highest BCUT2D eigenvalue weighted by molar-refractivity contribution is 7.66. The third kappa shape index (κ3) is 2.97. The molecule has 0 aromatic heterocycles. The first-order valence-corrected chi connectivity index (χ1v) is 6.80. The Hall–Kier alpha value is -0.590. The average molecular weight is 212 g/mol. The summed E-state index contributed by atoms with van der Waals surface area (Å²) in [6.07, 6.45) is 2.16. The van der Waals surface area contributed by atoms with Gasteiger partial charge in [-0.15, -0.1) is 0 Å². The van der Waals surface area contributed by atoms with E-state index in [0.29, 0.717) is 11.5 Å². The SMILES string of the molecule is CCCCP(=O)(O)c1ccc(C)cc1. The lowest BCUT2D eigenvalue weighted by Gasteiger charge is -2.11. The van der Waals surface area contributed by atoms with Crippen LogP contribution in [0.3, 0.4) is 0 Å². The molecule has 1 aromatic carbocycles. The van der Waals surface area contributed by atoms with Gasteiger partial charge in [0.1, 0.15) is 0 Å². The number of hydrogen-bond donors (Lipinski definition) is 1. The molecule has 1 N–H and O–H groups in total. The van der Waals surface area contributed by atoms with Crippen LogP contribution in [-0.2, 0) is 4.57 Å². The van der Waals surface area contributed by atoms with Crippen molar-refractivity contribution in [2.45, 2.75) is 26.7 Å². The van der Waals surface area contributed by atoms with E-state index in [-0.39, 0.29) is 0 Å². The van der Waals surface area contributed by atoms with Crippen LogP contribution in [0.1, 0.15) is 25.3 Å². The number of rotatable bonds is 4. The number of aryl methyl sites for hydroxylation is 1. The van der Waals surface area contributed by atoms with Crippen molar-refractivity contribution in [3.63, 3.8) is 0 Å². The minimum atomic E-state index is -3.08. The van der Waals surface area contributed by atoms with Gasteiger partial charge in [0.2, 0.25) is 7.37 Å². The molecule has 0 amide bonds. The molecule has 0 saturated carbocycles. The molecule has 3 heteroatoms. The maximum atomic E-state index is 11.8. The van der Waals surface area contributed by atoms with Crippen LogP contribution in [-0.4, -0.2) is 11.1 Å². The largest absolute Gasteiger partial charge is 0.341 e. The smallest absolute Gasteiger partial charge is 0.229 e. The Morgan fingerprint density at radius 3 is 2.36 bits per heavy atom. The van der Waals surface area contributed by atoms with E-state index < -0.39 is 7.37 Å². The monoisotopic (exact) mass is 212 g/mol. The number of hydrogen-bond acceptors (Lipinski definition) is 1. The first-order valence-electron chi connectivity index (χ1n) is 4.95. The molecule has 0 aliphatic carbocycles. The van der Waals surface area contributed by atoms with Gasteiger partial charge in [-0.1, -0.05) is 31.0 Å². The van der Waals surface area contributed by atoms with Crippen molar-refractivity contribution in [2.75, 3.05) is 6.16 Å². The van der Waals surface area contributed by atoms with E-state index in [0.717, 1.165) is 18.4 Å². The number of unbranched alkanes of at least 4 members (excludes halogenated alkanes) is 1. The minimum absolute atomic E-state index is 0.395. The lowest BCUT2D eigenvalue weighted by atomic mass is 10.2. The zero-order valence-corrected chi connectivity index (χ0v) is 9.63. The molecule has 1 aromatic rings. The normalized spacial score (nSPS) is 15.1. The van der Waals surface area contributed by atoms with Crippen LogP contribution in [0.5, 0.6) is 0 Å². The predicted molar refractivity (Wildman–Crippen MR) is 60.4 cm³/mol. The molecule has 0 aliphatic heterocycles. The minimum Gasteiger partial charge on any atom is -0.341 e. The van der Waals surface area contributed by atoms with E-state index in [1.54, 1.807) is 12.1 Å². The Labute approximate surface area is 85.4 Å². The molecule has 0 aliphatic rings. The van der Waals surface area contributed by atoms with Crippen molar-refractivity contribution in [2.24, 2.45) is 0 Å². The highest BCUT2D eigenvalue weighted by atomic mass is 31.2. The molecular formula is C11H17O2P. The Bertz CT molecular complexity index is 330. The summed E-state index contributed by atoms with van der Waals surface area (Å²) in [5.74, 6) is 0. The van der Waals surface area contributed by atoms with Crippen LogP contribution in [0.25, 0.3) is 0 Å². The highest BCUT2D eigenvalue weighted by Crippen LogP contribution is 2.40. The van der Waals surface area contributed by atoms with Crippen molar-refractivity contribution in [3.8, 4) is 0 Å². The van der Waals surface area contributed by atoms with Gasteiger partial charge in [-0.2, -0.15) is 0 Å². The fourth-order valence-electron chi connectivity index (χ4n) is 1.28. The van der Waals surface area contributed by atoms with Crippen LogP contribution in [0.15, 0.2) is 24.3 Å². The quantitative estimate of drug-likeness (QED) is 0.779. The maximum absolute atomic E-state index is 11.8. The van der Waals surface area contributed by atoms with Crippen molar-refractivity contribution in [3.05, 3.63) is 29.8 Å². The molecule has 0 spiro atoms. The molecule has 1 unspecified atom stereocenters. The summed E-state index contributed by atoms with van der Waals surface area (Å²) in [6, 6.07) is 7.27. The molecule has 2 nitrogen and oxygen atoms in total. The molecule has 0 heterocycles. The van der Waals surface area contributed by atoms with Crippen LogP contribution < -0.4 is 5.30 Å². The topological polar surface area (TPSA) is 37.3 Å². The molecule has 0 radical (unpaired) electrons. The fourth-order valence-corrected chi connectivity index (χ4v) is 2.90. The van der Waals surface area contributed by atoms with Gasteiger partial charge >= 0.3 is 0 Å². The van der Waals surface area contributed by atoms with Crippen molar-refractivity contribution in [1.82, 2.24) is 0 Å². The first kappa shape index (κ1) is 11.5. The lowest BCUT2D eigenvalue weighted by Crippen LogP contribution is -2.06. The van der Waals surface area contributed by atoms with E-state index in [4.69, 9.17) is 0 Å². The van der Waals surface area contributed by atoms with E-state index in [2.05, 4.69) is 0 Å². The average Bonchev–Trinajstić information content (AvgIpc) is 2.16. The van der Waals surface area contributed by atoms with Crippen LogP contribution >= 0.6 is 7.37 Å². The zero-order valence-electron chi connectivity index (χ0n) is 8.73. The van der Waals surface area contributed by atoms with Crippen LogP contribution in [0.2, 0.25) is 0 Å². The summed E-state index contributed by atoms with van der Waals surface area (Å²) in [5, 5.41) is 0.580. The second-order valence-corrected chi connectivity index (χ2v) is 5.98. The lowest BCUT2D eigenvalue weighted by molar-refractivity contribution is 0.487. The summed E-state index contributed by atoms with van der Waals surface area (Å²) in [6.45, 7) is 3.99. The fraction of sp³-hybridized carbons (Fsp3) is 0.455. The first-order chi connectivity index (χ1) is 6.56. The molecule has 78 valence electrons. The van der Waals surface area contributed by atoms with Crippen molar-refractivity contribution < 1.29 is 9.46 Å². The van der Waals surface area contributed by atoms with Crippen molar-refractivity contribution in [1.29, 1.82) is 0 Å². The van der Waals surface area contributed by atoms with Gasteiger partial charge < -0.3 is 4.89 Å². The summed E-state index contributed by atoms with van der Waals surface area (Å²) < 4.78 is 11.8. The summed E-state index contributed by atoms with van der Waals surface area (Å²) in [5.41, 5.74) is 1.12. The van der Waals surface area contributed by atoms with Gasteiger partial charge in [-0.25, -0.2) is 0 Å². The standard InChI is InChI=1S/C11H17O2P/c1-3-4-9-14(12,13)11-7-5-10(2)6-8-11/h5-8H,3-4,9H2,1-2H3,(H,12,13). The maximum Gasteiger partial charge on any atom is 0.229 e. The third-order valence-corrected chi connectivity index (χ3v) is 4.28. The van der Waals surface area contributed by atoms with Crippen LogP contribution in [0, 0.1) is 6.92 Å². The number of benzene rings is 1. The third-order valence-electron chi connectivity index (χ3n) is 2.25. The summed E-state index contributed by atoms with van der Waals surface area (Å²) in [7, 11) is -3.08.